The number of carboxylic acid groups (broad SMARTS) is 5. The smallest absolute Gasteiger partial charge is 0.303 e. The highest BCUT2D eigenvalue weighted by molar-refractivity contribution is 5.75. The first-order valence-corrected chi connectivity index (χ1v) is 10.1. The summed E-state index contributed by atoms with van der Waals surface area (Å²) in [5.41, 5.74) is 0. The summed E-state index contributed by atoms with van der Waals surface area (Å²) in [6.07, 6.45) is 10.3. The van der Waals surface area contributed by atoms with Crippen molar-refractivity contribution in [2.45, 2.75) is 96.8 Å². The third-order valence-corrected chi connectivity index (χ3v) is 3.60. The van der Waals surface area contributed by atoms with Crippen LogP contribution in [-0.4, -0.2) is 55.4 Å². The normalized spacial score (nSPS) is 9.37. The molecule has 0 fully saturated rings. The van der Waals surface area contributed by atoms with E-state index >= 15 is 0 Å². The summed E-state index contributed by atoms with van der Waals surface area (Å²) in [5, 5.41) is 40.0. The summed E-state index contributed by atoms with van der Waals surface area (Å²) in [7, 11) is 0. The van der Waals surface area contributed by atoms with E-state index in [1.165, 1.54) is 44.9 Å². The van der Waals surface area contributed by atoms with Gasteiger partial charge in [0.15, 0.2) is 0 Å². The molecule has 0 aliphatic heterocycles. The molecule has 0 aliphatic carbocycles. The number of carboxylic acids is 5. The summed E-state index contributed by atoms with van der Waals surface area (Å²) in [4.78, 5) is 48.8. The van der Waals surface area contributed by atoms with E-state index in [4.69, 9.17) is 25.5 Å². The third kappa shape index (κ3) is 44.6. The highest BCUT2D eigenvalue weighted by atomic mass is 16.4. The predicted octanol–water partition coefficient (Wildman–Crippen LogP) is 3.86. The average molecular weight is 436 g/mol. The standard InChI is InChI=1S/C12H24O2.2C4H6O4/c1-2-3-4-5-6-7-8-9-10-11-12(13)14;2*5-3(6)1-2-4(7)8/h2-11H2,1H3,(H,13,14);2*1-2H2,(H,5,6)(H,7,8). The van der Waals surface area contributed by atoms with Gasteiger partial charge in [-0.15, -0.1) is 0 Å². The number of hydrogen-bond donors (Lipinski definition) is 5. The number of carbonyl (C=O) groups is 5. The quantitative estimate of drug-likeness (QED) is 0.222. The van der Waals surface area contributed by atoms with Crippen LogP contribution in [-0.2, 0) is 24.0 Å². The predicted molar refractivity (Wildman–Crippen MR) is 108 cm³/mol. The van der Waals surface area contributed by atoms with Gasteiger partial charge in [0.1, 0.15) is 0 Å². The third-order valence-electron chi connectivity index (χ3n) is 3.60. The molecule has 0 spiro atoms. The minimum Gasteiger partial charge on any atom is -0.481 e. The molecule has 0 heterocycles. The van der Waals surface area contributed by atoms with Crippen molar-refractivity contribution < 1.29 is 49.5 Å². The minimum absolute atomic E-state index is 0.296. The molecule has 0 atom stereocenters. The number of hydrogen-bond acceptors (Lipinski definition) is 5. The van der Waals surface area contributed by atoms with Crippen LogP contribution in [0.4, 0.5) is 0 Å². The lowest BCUT2D eigenvalue weighted by Gasteiger charge is -2.00. The molecule has 10 heteroatoms. The van der Waals surface area contributed by atoms with Crippen LogP contribution in [0.15, 0.2) is 0 Å². The summed E-state index contributed by atoms with van der Waals surface area (Å²) in [6.45, 7) is 2.23. The monoisotopic (exact) mass is 436 g/mol. The van der Waals surface area contributed by atoms with Gasteiger partial charge in [0.25, 0.3) is 0 Å². The van der Waals surface area contributed by atoms with E-state index in [1.807, 2.05) is 0 Å². The Morgan fingerprint density at radius 3 is 0.867 bits per heavy atom. The van der Waals surface area contributed by atoms with E-state index in [-0.39, 0.29) is 25.7 Å². The zero-order chi connectivity index (χ0) is 23.8. The first kappa shape index (κ1) is 32.0. The second-order valence-corrected chi connectivity index (χ2v) is 6.55. The topological polar surface area (TPSA) is 186 Å². The highest BCUT2D eigenvalue weighted by Gasteiger charge is 2.01. The van der Waals surface area contributed by atoms with Gasteiger partial charge in [-0.1, -0.05) is 58.3 Å². The van der Waals surface area contributed by atoms with Crippen LogP contribution in [0.2, 0.25) is 0 Å². The molecule has 0 aromatic carbocycles. The van der Waals surface area contributed by atoms with Gasteiger partial charge in [-0.25, -0.2) is 0 Å². The van der Waals surface area contributed by atoms with Crippen molar-refractivity contribution >= 4 is 29.8 Å². The van der Waals surface area contributed by atoms with Crippen molar-refractivity contribution in [3.63, 3.8) is 0 Å². The summed E-state index contributed by atoms with van der Waals surface area (Å²) < 4.78 is 0. The molecular weight excluding hydrogens is 400 g/mol. The Labute approximate surface area is 176 Å². The Bertz CT molecular complexity index is 432. The molecule has 0 aromatic heterocycles. The van der Waals surface area contributed by atoms with Crippen molar-refractivity contribution in [3.05, 3.63) is 0 Å². The molecule has 0 saturated heterocycles. The fourth-order valence-electron chi connectivity index (χ4n) is 2.01. The summed E-state index contributed by atoms with van der Waals surface area (Å²) in [6, 6.07) is 0. The van der Waals surface area contributed by atoms with Gasteiger partial charge in [-0.2, -0.15) is 0 Å². The maximum atomic E-state index is 10.2. The SMILES string of the molecule is CCCCCCCCCCCC(=O)O.O=C(O)CCC(=O)O.O=C(O)CCC(=O)O. The van der Waals surface area contributed by atoms with E-state index in [1.54, 1.807) is 0 Å². The van der Waals surface area contributed by atoms with Gasteiger partial charge in [-0.3, -0.25) is 24.0 Å². The molecule has 0 saturated carbocycles. The highest BCUT2D eigenvalue weighted by Crippen LogP contribution is 2.10. The first-order valence-electron chi connectivity index (χ1n) is 10.1. The second-order valence-electron chi connectivity index (χ2n) is 6.55. The number of unbranched alkanes of at least 4 members (excludes halogenated alkanes) is 8. The van der Waals surface area contributed by atoms with Crippen LogP contribution in [0.5, 0.6) is 0 Å². The van der Waals surface area contributed by atoms with Crippen LogP contribution in [0.25, 0.3) is 0 Å². The maximum Gasteiger partial charge on any atom is 0.303 e. The van der Waals surface area contributed by atoms with E-state index < -0.39 is 29.8 Å². The Hall–Kier alpha value is -2.65. The molecular formula is C20H36O10. The number of aliphatic carboxylic acids is 5. The van der Waals surface area contributed by atoms with Gasteiger partial charge in [0.2, 0.25) is 0 Å². The molecule has 0 aliphatic rings. The molecule has 0 amide bonds. The van der Waals surface area contributed by atoms with Crippen LogP contribution in [0, 0.1) is 0 Å². The maximum absolute atomic E-state index is 10.2. The van der Waals surface area contributed by atoms with Crippen molar-refractivity contribution in [2.75, 3.05) is 0 Å². The molecule has 0 rings (SSSR count). The van der Waals surface area contributed by atoms with Crippen molar-refractivity contribution in [1.29, 1.82) is 0 Å². The summed E-state index contributed by atoms with van der Waals surface area (Å²) in [5.74, 6) is -4.97. The molecule has 0 radical (unpaired) electrons. The van der Waals surface area contributed by atoms with Crippen LogP contribution < -0.4 is 0 Å². The molecule has 10 nitrogen and oxygen atoms in total. The first-order chi connectivity index (χ1) is 14.0. The molecule has 30 heavy (non-hydrogen) atoms. The van der Waals surface area contributed by atoms with E-state index in [0.29, 0.717) is 6.42 Å². The fourth-order valence-corrected chi connectivity index (χ4v) is 2.01. The summed E-state index contributed by atoms with van der Waals surface area (Å²) >= 11 is 0. The van der Waals surface area contributed by atoms with Gasteiger partial charge < -0.3 is 25.5 Å². The zero-order valence-electron chi connectivity index (χ0n) is 17.7. The lowest BCUT2D eigenvalue weighted by Crippen LogP contribution is -2.00. The van der Waals surface area contributed by atoms with Gasteiger partial charge in [0.05, 0.1) is 25.7 Å². The Morgan fingerprint density at radius 1 is 0.400 bits per heavy atom. The van der Waals surface area contributed by atoms with Gasteiger partial charge in [0, 0.05) is 6.42 Å². The van der Waals surface area contributed by atoms with E-state index in [0.717, 1.165) is 12.8 Å². The Morgan fingerprint density at radius 2 is 0.633 bits per heavy atom. The van der Waals surface area contributed by atoms with E-state index in [9.17, 15) is 24.0 Å². The van der Waals surface area contributed by atoms with Crippen molar-refractivity contribution in [1.82, 2.24) is 0 Å². The Balaban J connectivity index is -0.000000391. The lowest BCUT2D eigenvalue weighted by atomic mass is 10.1. The fraction of sp³-hybridized carbons (Fsp3) is 0.750. The molecule has 0 aromatic rings. The Kier molecular flexibility index (Phi) is 26.0. The molecule has 176 valence electrons. The number of rotatable bonds is 16. The van der Waals surface area contributed by atoms with Crippen molar-refractivity contribution in [2.24, 2.45) is 0 Å². The molecule has 0 bridgehead atoms. The van der Waals surface area contributed by atoms with Gasteiger partial charge >= 0.3 is 29.8 Å². The molecule has 0 unspecified atom stereocenters. The second kappa shape index (κ2) is 24.4. The van der Waals surface area contributed by atoms with Crippen molar-refractivity contribution in [3.8, 4) is 0 Å². The molecule has 5 N–H and O–H groups in total. The largest absolute Gasteiger partial charge is 0.481 e. The van der Waals surface area contributed by atoms with Gasteiger partial charge in [-0.05, 0) is 6.42 Å². The van der Waals surface area contributed by atoms with Crippen LogP contribution in [0.1, 0.15) is 96.8 Å². The van der Waals surface area contributed by atoms with Crippen LogP contribution in [0.3, 0.4) is 0 Å². The minimum atomic E-state index is -1.08. The van der Waals surface area contributed by atoms with E-state index in [2.05, 4.69) is 6.92 Å². The average Bonchev–Trinajstić information content (AvgIpc) is 2.64. The zero-order valence-corrected chi connectivity index (χ0v) is 17.7. The lowest BCUT2D eigenvalue weighted by molar-refractivity contribution is -0.143. The van der Waals surface area contributed by atoms with Crippen LogP contribution >= 0.6 is 0 Å².